The van der Waals surface area contributed by atoms with Gasteiger partial charge in [0.15, 0.2) is 6.61 Å². The number of ether oxygens (including phenoxy) is 1. The third-order valence-electron chi connectivity index (χ3n) is 5.14. The van der Waals surface area contributed by atoms with Gasteiger partial charge < -0.3 is 15.8 Å². The summed E-state index contributed by atoms with van der Waals surface area (Å²) in [6.45, 7) is 2.07. The van der Waals surface area contributed by atoms with Crippen LogP contribution < -0.4 is 15.8 Å². The Bertz CT molecular complexity index is 1150. The van der Waals surface area contributed by atoms with E-state index in [-0.39, 0.29) is 6.61 Å². The minimum absolute atomic E-state index is 0.262. The van der Waals surface area contributed by atoms with Gasteiger partial charge in [0.2, 0.25) is 0 Å². The number of hydrogen-bond donors (Lipinski definition) is 2. The van der Waals surface area contributed by atoms with Crippen LogP contribution >= 0.6 is 34.5 Å². The zero-order valence-electron chi connectivity index (χ0n) is 17.1. The lowest BCUT2D eigenvalue weighted by Gasteiger charge is -2.27. The first-order valence-corrected chi connectivity index (χ1v) is 11.6. The number of benzene rings is 2. The first-order chi connectivity index (χ1) is 15.4. The average molecular weight is 490 g/mol. The van der Waals surface area contributed by atoms with Crippen LogP contribution in [0.15, 0.2) is 48.5 Å². The van der Waals surface area contributed by atoms with Crippen molar-refractivity contribution in [2.75, 3.05) is 18.5 Å². The normalized spacial score (nSPS) is 13.4. The van der Waals surface area contributed by atoms with Gasteiger partial charge in [-0.15, -0.1) is 11.3 Å². The van der Waals surface area contributed by atoms with E-state index in [0.29, 0.717) is 39.3 Å². The fourth-order valence-electron chi connectivity index (χ4n) is 3.68. The molecule has 1 aliphatic rings. The van der Waals surface area contributed by atoms with E-state index in [4.69, 9.17) is 33.7 Å². The number of thiophene rings is 1. The van der Waals surface area contributed by atoms with E-state index in [9.17, 15) is 9.59 Å². The summed E-state index contributed by atoms with van der Waals surface area (Å²) in [4.78, 5) is 28.0. The minimum Gasteiger partial charge on any atom is -0.482 e. The third-order valence-corrected chi connectivity index (χ3v) is 6.80. The standard InChI is InChI=1S/C23H21Cl2N3O3S/c24-15-6-7-18(17(25)10-15)31-13-20(29)27-23-21(22(26)30)16-8-9-28(12-19(16)32-23)11-14-4-2-1-3-5-14/h1-7,10H,8-9,11-13H2,(H2,26,30)(H,27,29). The molecule has 0 radical (unpaired) electrons. The molecule has 2 amide bonds. The highest BCUT2D eigenvalue weighted by atomic mass is 35.5. The Morgan fingerprint density at radius 3 is 2.66 bits per heavy atom. The molecule has 0 unspecified atom stereocenters. The van der Waals surface area contributed by atoms with Crippen molar-refractivity contribution in [2.45, 2.75) is 19.5 Å². The van der Waals surface area contributed by atoms with Crippen LogP contribution in [0.1, 0.15) is 26.4 Å². The van der Waals surface area contributed by atoms with Crippen LogP contribution in [0.3, 0.4) is 0 Å². The summed E-state index contributed by atoms with van der Waals surface area (Å²) in [7, 11) is 0. The van der Waals surface area contributed by atoms with Crippen LogP contribution in [-0.2, 0) is 24.3 Å². The fourth-order valence-corrected chi connectivity index (χ4v) is 5.45. The smallest absolute Gasteiger partial charge is 0.262 e. The van der Waals surface area contributed by atoms with E-state index in [2.05, 4.69) is 22.3 Å². The Balaban J connectivity index is 1.45. The average Bonchev–Trinajstić information content (AvgIpc) is 3.11. The largest absolute Gasteiger partial charge is 0.482 e. The number of nitrogens with zero attached hydrogens (tertiary/aromatic N) is 1. The highest BCUT2D eigenvalue weighted by Crippen LogP contribution is 2.37. The first-order valence-electron chi connectivity index (χ1n) is 9.99. The molecule has 0 saturated heterocycles. The Labute approximate surface area is 199 Å². The summed E-state index contributed by atoms with van der Waals surface area (Å²) in [6.07, 6.45) is 0.698. The van der Waals surface area contributed by atoms with Crippen molar-refractivity contribution in [2.24, 2.45) is 5.73 Å². The van der Waals surface area contributed by atoms with Crippen molar-refractivity contribution >= 4 is 51.4 Å². The molecule has 2 aromatic carbocycles. The lowest BCUT2D eigenvalue weighted by molar-refractivity contribution is -0.118. The summed E-state index contributed by atoms with van der Waals surface area (Å²) in [5.41, 5.74) is 8.20. The van der Waals surface area contributed by atoms with Gasteiger partial charge in [-0.05, 0) is 35.7 Å². The number of anilines is 1. The number of nitrogens with two attached hydrogens (primary N) is 1. The lowest BCUT2D eigenvalue weighted by atomic mass is 10.0. The van der Waals surface area contributed by atoms with Crippen LogP contribution in [0.25, 0.3) is 0 Å². The molecule has 0 spiro atoms. The number of primary amides is 1. The van der Waals surface area contributed by atoms with Crippen LogP contribution in [0, 0.1) is 0 Å². The summed E-state index contributed by atoms with van der Waals surface area (Å²) < 4.78 is 5.49. The summed E-state index contributed by atoms with van der Waals surface area (Å²) in [6, 6.07) is 15.0. The second-order valence-corrected chi connectivity index (χ2v) is 9.38. The van der Waals surface area contributed by atoms with Crippen LogP contribution in [0.5, 0.6) is 5.75 Å². The highest BCUT2D eigenvalue weighted by molar-refractivity contribution is 7.17. The Hall–Kier alpha value is -2.58. The Morgan fingerprint density at radius 2 is 1.94 bits per heavy atom. The molecule has 32 heavy (non-hydrogen) atoms. The number of amides is 2. The van der Waals surface area contributed by atoms with Gasteiger partial charge in [0.1, 0.15) is 10.8 Å². The number of fused-ring (bicyclic) bond motifs is 1. The number of halogens is 2. The molecule has 3 aromatic rings. The molecule has 9 heteroatoms. The van der Waals surface area contributed by atoms with Gasteiger partial charge in [0.25, 0.3) is 11.8 Å². The second-order valence-electron chi connectivity index (χ2n) is 7.43. The van der Waals surface area contributed by atoms with Crippen molar-refractivity contribution in [3.8, 4) is 5.75 Å². The zero-order valence-corrected chi connectivity index (χ0v) is 19.4. The number of carbonyl (C=O) groups is 2. The third kappa shape index (κ3) is 5.24. The van der Waals surface area contributed by atoms with Crippen molar-refractivity contribution < 1.29 is 14.3 Å². The SMILES string of the molecule is NC(=O)c1c(NC(=O)COc2ccc(Cl)cc2Cl)sc2c1CCN(Cc1ccccc1)C2. The lowest BCUT2D eigenvalue weighted by Crippen LogP contribution is -2.30. The minimum atomic E-state index is -0.545. The van der Waals surface area contributed by atoms with E-state index < -0.39 is 11.8 Å². The molecule has 2 heterocycles. The Morgan fingerprint density at radius 1 is 1.16 bits per heavy atom. The molecule has 6 nitrogen and oxygen atoms in total. The van der Waals surface area contributed by atoms with Crippen molar-refractivity contribution in [3.63, 3.8) is 0 Å². The number of hydrogen-bond acceptors (Lipinski definition) is 5. The summed E-state index contributed by atoms with van der Waals surface area (Å²) in [5.74, 6) is -0.599. The van der Waals surface area contributed by atoms with Gasteiger partial charge in [0, 0.05) is 29.5 Å². The van der Waals surface area contributed by atoms with Gasteiger partial charge in [-0.3, -0.25) is 14.5 Å². The molecular weight excluding hydrogens is 469 g/mol. The van der Waals surface area contributed by atoms with Gasteiger partial charge in [0.05, 0.1) is 10.6 Å². The molecule has 0 fully saturated rings. The van der Waals surface area contributed by atoms with Crippen molar-refractivity contribution in [3.05, 3.63) is 80.1 Å². The molecule has 1 aromatic heterocycles. The van der Waals surface area contributed by atoms with Gasteiger partial charge in [-0.25, -0.2) is 0 Å². The van der Waals surface area contributed by atoms with E-state index in [1.54, 1.807) is 12.1 Å². The molecule has 166 valence electrons. The van der Waals surface area contributed by atoms with Gasteiger partial charge >= 0.3 is 0 Å². The number of carbonyl (C=O) groups excluding carboxylic acids is 2. The molecule has 3 N–H and O–H groups in total. The topological polar surface area (TPSA) is 84.7 Å². The van der Waals surface area contributed by atoms with E-state index in [0.717, 1.165) is 23.5 Å². The molecule has 0 aliphatic carbocycles. The Kier molecular flexibility index (Phi) is 7.01. The number of rotatable bonds is 7. The molecule has 0 bridgehead atoms. The molecule has 1 aliphatic heterocycles. The second kappa shape index (κ2) is 9.92. The summed E-state index contributed by atoms with van der Waals surface area (Å²) >= 11 is 13.3. The van der Waals surface area contributed by atoms with E-state index >= 15 is 0 Å². The molecule has 0 atom stereocenters. The zero-order chi connectivity index (χ0) is 22.7. The maximum Gasteiger partial charge on any atom is 0.262 e. The van der Waals surface area contributed by atoms with Crippen LogP contribution in [-0.4, -0.2) is 29.9 Å². The predicted octanol–water partition coefficient (Wildman–Crippen LogP) is 4.73. The van der Waals surface area contributed by atoms with Gasteiger partial charge in [-0.2, -0.15) is 0 Å². The highest BCUT2D eigenvalue weighted by Gasteiger charge is 2.27. The monoisotopic (exact) mass is 489 g/mol. The molecule has 4 rings (SSSR count). The predicted molar refractivity (Wildman–Crippen MR) is 128 cm³/mol. The fraction of sp³-hybridized carbons (Fsp3) is 0.217. The van der Waals surface area contributed by atoms with E-state index in [1.165, 1.54) is 23.0 Å². The van der Waals surface area contributed by atoms with Crippen LogP contribution in [0.2, 0.25) is 10.0 Å². The van der Waals surface area contributed by atoms with Crippen molar-refractivity contribution in [1.29, 1.82) is 0 Å². The molecule has 0 saturated carbocycles. The quantitative estimate of drug-likeness (QED) is 0.502. The van der Waals surface area contributed by atoms with Gasteiger partial charge in [-0.1, -0.05) is 53.5 Å². The van der Waals surface area contributed by atoms with Crippen LogP contribution in [0.4, 0.5) is 5.00 Å². The van der Waals surface area contributed by atoms with Crippen molar-refractivity contribution in [1.82, 2.24) is 4.90 Å². The maximum atomic E-state index is 12.5. The van der Waals surface area contributed by atoms with E-state index in [1.807, 2.05) is 18.2 Å². The summed E-state index contributed by atoms with van der Waals surface area (Å²) in [5, 5.41) is 4.03. The maximum absolute atomic E-state index is 12.5. The molecular formula is C23H21Cl2N3O3S. The first kappa shape index (κ1) is 22.6. The number of nitrogens with one attached hydrogen (secondary N) is 1.